The Labute approximate surface area is 212 Å². The fourth-order valence-corrected chi connectivity index (χ4v) is 4.37. The first kappa shape index (κ1) is 28.2. The van der Waals surface area contributed by atoms with Crippen molar-refractivity contribution in [3.8, 4) is 0 Å². The summed E-state index contributed by atoms with van der Waals surface area (Å²) < 4.78 is 14.3. The lowest BCUT2D eigenvalue weighted by atomic mass is 9.75. The second kappa shape index (κ2) is 12.1. The zero-order valence-electron chi connectivity index (χ0n) is 22.4. The van der Waals surface area contributed by atoms with Gasteiger partial charge in [0.15, 0.2) is 0 Å². The molecule has 0 aliphatic heterocycles. The standard InChI is InChI=1S/C31H42FN3/c1-10-23-18-26(15-16-27(23)32)35(21-24-14-13-17-34-28(24)11-2)22-29(33-9)25(19-30(4,5)6)20-31(7,8)12-3/h10,12-18,22,25H,1,3,9,11,19-21H2,2,4-8H3/b29-22-. The number of aromatic nitrogens is 1. The van der Waals surface area contributed by atoms with Crippen LogP contribution in [0.25, 0.3) is 6.08 Å². The molecule has 0 fully saturated rings. The van der Waals surface area contributed by atoms with Crippen molar-refractivity contribution >= 4 is 18.5 Å². The molecule has 1 unspecified atom stereocenters. The fourth-order valence-electron chi connectivity index (χ4n) is 4.37. The normalized spacial score (nSPS) is 13.3. The topological polar surface area (TPSA) is 28.5 Å². The summed E-state index contributed by atoms with van der Waals surface area (Å²) >= 11 is 0. The van der Waals surface area contributed by atoms with E-state index in [9.17, 15) is 4.39 Å². The SMILES string of the molecule is C=Cc1cc(N(/C=C(\N=C)C(CC(C)(C)C)CC(C)(C)C=C)Cc2cccnc2CC)ccc1F. The third kappa shape index (κ3) is 8.31. The van der Waals surface area contributed by atoms with Crippen molar-refractivity contribution in [3.05, 3.63) is 90.3 Å². The highest BCUT2D eigenvalue weighted by molar-refractivity contribution is 5.60. The first-order valence-electron chi connectivity index (χ1n) is 12.4. The van der Waals surface area contributed by atoms with Crippen molar-refractivity contribution in [3.63, 3.8) is 0 Å². The molecule has 2 rings (SSSR count). The minimum Gasteiger partial charge on any atom is -0.342 e. The average Bonchev–Trinajstić information content (AvgIpc) is 2.80. The number of nitrogens with zero attached hydrogens (tertiary/aromatic N) is 3. The number of hydrogen-bond donors (Lipinski definition) is 0. The lowest BCUT2D eigenvalue weighted by molar-refractivity contribution is 0.261. The second-order valence-corrected chi connectivity index (χ2v) is 11.1. The van der Waals surface area contributed by atoms with Gasteiger partial charge in [-0.3, -0.25) is 9.98 Å². The summed E-state index contributed by atoms with van der Waals surface area (Å²) in [6, 6.07) is 9.17. The number of halogens is 1. The molecule has 0 bridgehead atoms. The van der Waals surface area contributed by atoms with Crippen LogP contribution >= 0.6 is 0 Å². The van der Waals surface area contributed by atoms with Gasteiger partial charge in [-0.25, -0.2) is 4.39 Å². The molecule has 1 aromatic heterocycles. The van der Waals surface area contributed by atoms with Crippen molar-refractivity contribution in [1.82, 2.24) is 4.98 Å². The molecule has 0 radical (unpaired) electrons. The van der Waals surface area contributed by atoms with Gasteiger partial charge in [0.05, 0.1) is 5.70 Å². The molecule has 0 saturated heterocycles. The van der Waals surface area contributed by atoms with Gasteiger partial charge in [0, 0.05) is 41.8 Å². The van der Waals surface area contributed by atoms with Crippen LogP contribution in [0.15, 0.2) is 72.7 Å². The maximum atomic E-state index is 14.3. The van der Waals surface area contributed by atoms with E-state index >= 15 is 0 Å². The molecule has 0 aliphatic carbocycles. The first-order chi connectivity index (χ1) is 16.4. The van der Waals surface area contributed by atoms with E-state index in [1.54, 1.807) is 12.1 Å². The number of benzene rings is 1. The average molecular weight is 476 g/mol. The van der Waals surface area contributed by atoms with Crippen LogP contribution < -0.4 is 4.90 Å². The van der Waals surface area contributed by atoms with E-state index in [0.717, 1.165) is 41.9 Å². The summed E-state index contributed by atoms with van der Waals surface area (Å²) in [5.74, 6) is -0.106. The Hall–Kier alpha value is -3.01. The molecule has 1 atom stereocenters. The lowest BCUT2D eigenvalue weighted by Gasteiger charge is -2.33. The van der Waals surface area contributed by atoms with Crippen LogP contribution in [0.2, 0.25) is 0 Å². The maximum absolute atomic E-state index is 14.3. The molecule has 2 aromatic rings. The second-order valence-electron chi connectivity index (χ2n) is 11.1. The summed E-state index contributed by atoms with van der Waals surface area (Å²) in [6.07, 6.45) is 10.2. The number of aliphatic imine (C=N–C) groups is 1. The summed E-state index contributed by atoms with van der Waals surface area (Å²) in [4.78, 5) is 11.2. The maximum Gasteiger partial charge on any atom is 0.130 e. The van der Waals surface area contributed by atoms with E-state index in [1.165, 1.54) is 6.07 Å². The van der Waals surface area contributed by atoms with Crippen LogP contribution in [0, 0.1) is 22.6 Å². The summed E-state index contributed by atoms with van der Waals surface area (Å²) in [6.45, 7) is 25.6. The number of pyridine rings is 1. The third-order valence-corrected chi connectivity index (χ3v) is 6.26. The van der Waals surface area contributed by atoms with Crippen molar-refractivity contribution in [2.45, 2.75) is 67.3 Å². The van der Waals surface area contributed by atoms with Gasteiger partial charge < -0.3 is 4.90 Å². The van der Waals surface area contributed by atoms with Crippen molar-refractivity contribution in [2.24, 2.45) is 21.7 Å². The number of hydrogen-bond acceptors (Lipinski definition) is 3. The van der Waals surface area contributed by atoms with Gasteiger partial charge in [-0.2, -0.15) is 0 Å². The minimum atomic E-state index is -0.288. The largest absolute Gasteiger partial charge is 0.342 e. The van der Waals surface area contributed by atoms with Crippen LogP contribution in [0.3, 0.4) is 0 Å². The summed E-state index contributed by atoms with van der Waals surface area (Å²) in [5, 5.41) is 0. The van der Waals surface area contributed by atoms with Crippen LogP contribution in [0.4, 0.5) is 10.1 Å². The molecule has 0 amide bonds. The molecule has 0 aliphatic rings. The van der Waals surface area contributed by atoms with Gasteiger partial charge >= 0.3 is 0 Å². The van der Waals surface area contributed by atoms with Crippen LogP contribution in [-0.4, -0.2) is 11.7 Å². The molecule has 0 spiro atoms. The first-order valence-corrected chi connectivity index (χ1v) is 12.4. The van der Waals surface area contributed by atoms with Gasteiger partial charge in [0.2, 0.25) is 0 Å². The van der Waals surface area contributed by atoms with E-state index in [0.29, 0.717) is 12.1 Å². The number of anilines is 1. The van der Waals surface area contributed by atoms with Crippen molar-refractivity contribution in [1.29, 1.82) is 0 Å². The van der Waals surface area contributed by atoms with Gasteiger partial charge in [0.1, 0.15) is 5.82 Å². The van der Waals surface area contributed by atoms with E-state index in [4.69, 9.17) is 0 Å². The molecule has 1 heterocycles. The van der Waals surface area contributed by atoms with Crippen molar-refractivity contribution < 1.29 is 4.39 Å². The Morgan fingerprint density at radius 3 is 2.43 bits per heavy atom. The summed E-state index contributed by atoms with van der Waals surface area (Å²) in [7, 11) is 0. The molecule has 188 valence electrons. The van der Waals surface area contributed by atoms with E-state index in [-0.39, 0.29) is 22.6 Å². The quantitative estimate of drug-likeness (QED) is 0.227. The predicted octanol–water partition coefficient (Wildman–Crippen LogP) is 8.63. The Morgan fingerprint density at radius 2 is 1.86 bits per heavy atom. The molecular weight excluding hydrogens is 433 g/mol. The molecule has 4 heteroatoms. The monoisotopic (exact) mass is 475 g/mol. The smallest absolute Gasteiger partial charge is 0.130 e. The molecule has 1 aromatic carbocycles. The molecule has 3 nitrogen and oxygen atoms in total. The predicted molar refractivity (Wildman–Crippen MR) is 150 cm³/mol. The van der Waals surface area contributed by atoms with Gasteiger partial charge in [-0.15, -0.1) is 6.58 Å². The van der Waals surface area contributed by atoms with E-state index in [2.05, 4.69) is 88.6 Å². The Balaban J connectivity index is 2.64. The Bertz CT molecular complexity index is 1060. The molecule has 0 N–H and O–H groups in total. The molecule has 0 saturated carbocycles. The number of rotatable bonds is 12. The van der Waals surface area contributed by atoms with E-state index < -0.39 is 0 Å². The fraction of sp³-hybridized carbons (Fsp3) is 0.419. The van der Waals surface area contributed by atoms with Crippen LogP contribution in [0.1, 0.15) is 71.2 Å². The highest BCUT2D eigenvalue weighted by Gasteiger charge is 2.28. The van der Waals surface area contributed by atoms with E-state index in [1.807, 2.05) is 24.4 Å². The van der Waals surface area contributed by atoms with Gasteiger partial charge in [-0.05, 0) is 66.6 Å². The Kier molecular flexibility index (Phi) is 9.76. The zero-order valence-corrected chi connectivity index (χ0v) is 22.4. The number of aryl methyl sites for hydroxylation is 1. The highest BCUT2D eigenvalue weighted by Crippen LogP contribution is 2.38. The highest BCUT2D eigenvalue weighted by atomic mass is 19.1. The van der Waals surface area contributed by atoms with Crippen molar-refractivity contribution in [2.75, 3.05) is 4.90 Å². The van der Waals surface area contributed by atoms with Gasteiger partial charge in [-0.1, -0.05) is 66.3 Å². The molecule has 35 heavy (non-hydrogen) atoms. The van der Waals surface area contributed by atoms with Crippen LogP contribution in [-0.2, 0) is 13.0 Å². The third-order valence-electron chi connectivity index (χ3n) is 6.26. The van der Waals surface area contributed by atoms with Crippen LogP contribution in [0.5, 0.6) is 0 Å². The Morgan fingerprint density at radius 1 is 1.14 bits per heavy atom. The minimum absolute atomic E-state index is 0.0465. The summed E-state index contributed by atoms with van der Waals surface area (Å²) in [5.41, 5.74) is 4.49. The zero-order chi connectivity index (χ0) is 26.2. The van der Waals surface area contributed by atoms with Gasteiger partial charge in [0.25, 0.3) is 0 Å². The molecular formula is C31H42FN3. The number of allylic oxidation sites excluding steroid dienone is 2. The lowest BCUT2D eigenvalue weighted by Crippen LogP contribution is -2.24.